The average Bonchev–Trinajstić information content (AvgIpc) is 2.82. The summed E-state index contributed by atoms with van der Waals surface area (Å²) >= 11 is 0. The fourth-order valence-electron chi connectivity index (χ4n) is 4.05. The van der Waals surface area contributed by atoms with Crippen molar-refractivity contribution < 1.29 is 13.3 Å². The lowest BCUT2D eigenvalue weighted by Gasteiger charge is -2.25. The van der Waals surface area contributed by atoms with Gasteiger partial charge in [0, 0.05) is 0 Å². The first-order valence-electron chi connectivity index (χ1n) is 11.9. The topological polar surface area (TPSA) is 38.3 Å². The summed E-state index contributed by atoms with van der Waals surface area (Å²) in [5.74, 6) is 1.28. The maximum Gasteiger partial charge on any atom is 0.126 e. The van der Waals surface area contributed by atoms with Crippen LogP contribution in [0.4, 0.5) is 4.39 Å². The Morgan fingerprint density at radius 3 is 1.62 bits per heavy atom. The molecule has 0 aromatic heterocycles. The van der Waals surface area contributed by atoms with Crippen molar-refractivity contribution in [1.82, 2.24) is 4.72 Å². The fourth-order valence-corrected chi connectivity index (χ4v) is 5.67. The smallest absolute Gasteiger partial charge is 0.126 e. The maximum absolute atomic E-state index is 14.0. The Morgan fingerprint density at radius 1 is 0.735 bits per heavy atom. The second-order valence-corrected chi connectivity index (χ2v) is 10.8. The minimum Gasteiger partial charge on any atom is -0.497 e. The van der Waals surface area contributed by atoms with E-state index < -0.39 is 11.0 Å². The number of benzene rings is 3. The van der Waals surface area contributed by atoms with Crippen molar-refractivity contribution in [3.8, 4) is 5.75 Å². The largest absolute Gasteiger partial charge is 0.497 e. The third-order valence-corrected chi connectivity index (χ3v) is 7.43. The molecule has 0 fully saturated rings. The van der Waals surface area contributed by atoms with Gasteiger partial charge in [-0.25, -0.2) is 13.3 Å². The fraction of sp³-hybridized carbons (Fsp3) is 0.379. The molecule has 0 radical (unpaired) electrons. The van der Waals surface area contributed by atoms with E-state index in [4.69, 9.17) is 4.74 Å². The Hall–Kier alpha value is -2.50. The van der Waals surface area contributed by atoms with E-state index >= 15 is 0 Å². The number of rotatable bonds is 9. The van der Waals surface area contributed by atoms with E-state index in [2.05, 4.69) is 58.4 Å². The Balaban J connectivity index is 2.11. The molecule has 1 N–H and O–H groups in total. The molecule has 0 aliphatic carbocycles. The summed E-state index contributed by atoms with van der Waals surface area (Å²) in [6.45, 7) is 13.0. The zero-order chi connectivity index (χ0) is 25.0. The van der Waals surface area contributed by atoms with Crippen LogP contribution in [0.5, 0.6) is 5.75 Å². The highest BCUT2D eigenvalue weighted by molar-refractivity contribution is 7.83. The minimum absolute atomic E-state index is 0.224. The van der Waals surface area contributed by atoms with Crippen molar-refractivity contribution in [1.29, 1.82) is 0 Å². The Morgan fingerprint density at radius 2 is 1.21 bits per heavy atom. The number of hydrogen-bond donors (Lipinski definition) is 1. The van der Waals surface area contributed by atoms with E-state index in [0.717, 1.165) is 32.9 Å². The number of ether oxygens (including phenoxy) is 1. The molecule has 3 aromatic carbocycles. The number of methoxy groups -OCH3 is 1. The third-order valence-electron chi connectivity index (χ3n) is 6.14. The van der Waals surface area contributed by atoms with Gasteiger partial charge in [-0.2, -0.15) is 0 Å². The van der Waals surface area contributed by atoms with Crippen LogP contribution < -0.4 is 9.46 Å². The SMILES string of the molecule is COc1ccc([C@H](NS(=O)c2c(C(C)C)cc(C(C)C)cc2C(C)C)c2ccc(F)cc2)cc1. The molecule has 3 nitrogen and oxygen atoms in total. The second-order valence-electron chi connectivity index (χ2n) is 9.64. The molecule has 0 aliphatic heterocycles. The van der Waals surface area contributed by atoms with E-state index in [1.54, 1.807) is 19.2 Å². The molecule has 2 atom stereocenters. The van der Waals surface area contributed by atoms with Gasteiger partial charge < -0.3 is 4.74 Å². The molecule has 0 amide bonds. The Kier molecular flexibility index (Phi) is 8.67. The second kappa shape index (κ2) is 11.3. The summed E-state index contributed by atoms with van der Waals surface area (Å²) in [5, 5.41) is 0. The van der Waals surface area contributed by atoms with Crippen LogP contribution in [-0.2, 0) is 11.0 Å². The molecular formula is C29H36FNO2S. The van der Waals surface area contributed by atoms with E-state index in [1.807, 2.05) is 24.3 Å². The zero-order valence-electron chi connectivity index (χ0n) is 21.2. The van der Waals surface area contributed by atoms with Gasteiger partial charge in [-0.3, -0.25) is 0 Å². The zero-order valence-corrected chi connectivity index (χ0v) is 22.0. The molecular weight excluding hydrogens is 445 g/mol. The maximum atomic E-state index is 14.0. The van der Waals surface area contributed by atoms with E-state index in [1.165, 1.54) is 17.7 Å². The van der Waals surface area contributed by atoms with Gasteiger partial charge in [-0.05, 0) is 69.8 Å². The highest BCUT2D eigenvalue weighted by atomic mass is 32.2. The van der Waals surface area contributed by atoms with Gasteiger partial charge >= 0.3 is 0 Å². The summed E-state index contributed by atoms with van der Waals surface area (Å²) in [6.07, 6.45) is 0. The Bertz CT molecular complexity index is 1090. The van der Waals surface area contributed by atoms with Crippen LogP contribution in [0.15, 0.2) is 65.6 Å². The van der Waals surface area contributed by atoms with Crippen molar-refractivity contribution in [2.24, 2.45) is 0 Å². The van der Waals surface area contributed by atoms with Crippen molar-refractivity contribution in [3.05, 3.63) is 94.3 Å². The van der Waals surface area contributed by atoms with Crippen LogP contribution in [0, 0.1) is 5.82 Å². The van der Waals surface area contributed by atoms with Gasteiger partial charge in [-0.15, -0.1) is 0 Å². The first kappa shape index (κ1) is 26.1. The molecule has 5 heteroatoms. The first-order chi connectivity index (χ1) is 16.1. The Labute approximate surface area is 206 Å². The summed E-state index contributed by atoms with van der Waals surface area (Å²) < 4.78 is 36.4. The van der Waals surface area contributed by atoms with Crippen LogP contribution >= 0.6 is 0 Å². The van der Waals surface area contributed by atoms with Crippen LogP contribution in [0.2, 0.25) is 0 Å². The summed E-state index contributed by atoms with van der Waals surface area (Å²) in [5.41, 5.74) is 5.24. The predicted octanol–water partition coefficient (Wildman–Crippen LogP) is 7.61. The molecule has 182 valence electrons. The van der Waals surface area contributed by atoms with E-state index in [-0.39, 0.29) is 23.7 Å². The average molecular weight is 482 g/mol. The molecule has 0 heterocycles. The predicted molar refractivity (Wildman–Crippen MR) is 139 cm³/mol. The number of hydrogen-bond acceptors (Lipinski definition) is 2. The van der Waals surface area contributed by atoms with Crippen LogP contribution in [0.1, 0.15) is 93.2 Å². The lowest BCUT2D eigenvalue weighted by Crippen LogP contribution is -2.27. The molecule has 0 spiro atoms. The van der Waals surface area contributed by atoms with Gasteiger partial charge in [0.15, 0.2) is 0 Å². The van der Waals surface area contributed by atoms with Crippen molar-refractivity contribution in [3.63, 3.8) is 0 Å². The van der Waals surface area contributed by atoms with Crippen molar-refractivity contribution in [2.75, 3.05) is 7.11 Å². The summed E-state index contributed by atoms with van der Waals surface area (Å²) in [7, 11) is 0.139. The molecule has 3 aromatic rings. The summed E-state index contributed by atoms with van der Waals surface area (Å²) in [4.78, 5) is 0.857. The normalized spacial score (nSPS) is 13.5. The van der Waals surface area contributed by atoms with Crippen LogP contribution in [-0.4, -0.2) is 11.3 Å². The molecule has 34 heavy (non-hydrogen) atoms. The standard InChI is InChI=1S/C29H36FNO2S/c1-18(2)23-16-26(19(3)4)29(27(17-23)20(5)6)34(32)31-28(21-8-12-24(30)13-9-21)22-10-14-25(33-7)15-11-22/h8-20,28,31H,1-7H3/t28-,34?/m1/s1. The van der Waals surface area contributed by atoms with Crippen molar-refractivity contribution in [2.45, 2.75) is 70.2 Å². The van der Waals surface area contributed by atoms with Crippen LogP contribution in [0.25, 0.3) is 0 Å². The minimum atomic E-state index is -1.49. The lowest BCUT2D eigenvalue weighted by molar-refractivity contribution is 0.414. The van der Waals surface area contributed by atoms with Gasteiger partial charge in [0.2, 0.25) is 0 Å². The van der Waals surface area contributed by atoms with Gasteiger partial charge in [0.05, 0.1) is 18.0 Å². The summed E-state index contributed by atoms with van der Waals surface area (Å²) in [6, 6.07) is 18.0. The van der Waals surface area contributed by atoms with Gasteiger partial charge in [0.1, 0.15) is 22.6 Å². The van der Waals surface area contributed by atoms with Crippen LogP contribution in [0.3, 0.4) is 0 Å². The first-order valence-corrected chi connectivity index (χ1v) is 13.0. The molecule has 0 saturated carbocycles. The lowest BCUT2D eigenvalue weighted by atomic mass is 9.89. The monoisotopic (exact) mass is 481 g/mol. The highest BCUT2D eigenvalue weighted by Gasteiger charge is 2.25. The van der Waals surface area contributed by atoms with Gasteiger partial charge in [0.25, 0.3) is 0 Å². The van der Waals surface area contributed by atoms with Gasteiger partial charge in [-0.1, -0.05) is 77.9 Å². The molecule has 3 rings (SSSR count). The quantitative estimate of drug-likeness (QED) is 0.342. The highest BCUT2D eigenvalue weighted by Crippen LogP contribution is 2.35. The third kappa shape index (κ3) is 5.94. The molecule has 1 unspecified atom stereocenters. The van der Waals surface area contributed by atoms with E-state index in [9.17, 15) is 8.60 Å². The number of nitrogens with one attached hydrogen (secondary N) is 1. The number of halogens is 1. The molecule has 0 saturated heterocycles. The molecule has 0 aliphatic rings. The van der Waals surface area contributed by atoms with Crippen molar-refractivity contribution >= 4 is 11.0 Å². The van der Waals surface area contributed by atoms with E-state index in [0.29, 0.717) is 5.92 Å². The molecule has 0 bridgehead atoms.